The maximum atomic E-state index is 13.4. The lowest BCUT2D eigenvalue weighted by atomic mass is 9.86. The van der Waals surface area contributed by atoms with Crippen LogP contribution >= 0.6 is 0 Å². The first-order valence-electron chi connectivity index (χ1n) is 12.0. The van der Waals surface area contributed by atoms with Crippen molar-refractivity contribution >= 4 is 5.95 Å². The van der Waals surface area contributed by atoms with Crippen molar-refractivity contribution in [2.24, 2.45) is 5.92 Å². The predicted octanol–water partition coefficient (Wildman–Crippen LogP) is 3.38. The van der Waals surface area contributed by atoms with Crippen LogP contribution in [0.4, 0.5) is 14.7 Å². The summed E-state index contributed by atoms with van der Waals surface area (Å²) in [4.78, 5) is 17.1. The molecular weight excluding hydrogens is 384 g/mol. The summed E-state index contributed by atoms with van der Waals surface area (Å²) < 4.78 is 26.9. The fourth-order valence-electron chi connectivity index (χ4n) is 5.53. The van der Waals surface area contributed by atoms with Gasteiger partial charge in [0.05, 0.1) is 5.69 Å². The largest absolute Gasteiger partial charge is 0.338 e. The number of hydrogen-bond acceptors (Lipinski definition) is 5. The Morgan fingerprint density at radius 2 is 1.67 bits per heavy atom. The molecule has 0 bridgehead atoms. The molecule has 1 aromatic rings. The average molecular weight is 420 g/mol. The highest BCUT2D eigenvalue weighted by Crippen LogP contribution is 2.36. The Labute approximate surface area is 178 Å². The van der Waals surface area contributed by atoms with E-state index in [0.717, 1.165) is 70.6 Å². The monoisotopic (exact) mass is 419 g/mol. The molecule has 2 aliphatic carbocycles. The summed E-state index contributed by atoms with van der Waals surface area (Å²) in [6.07, 6.45) is 9.53. The van der Waals surface area contributed by atoms with Crippen LogP contribution in [0.2, 0.25) is 0 Å². The van der Waals surface area contributed by atoms with Crippen LogP contribution in [-0.4, -0.2) is 77.5 Å². The molecule has 2 saturated carbocycles. The number of fused-ring (bicyclic) bond motifs is 1. The molecule has 0 aromatic carbocycles. The summed E-state index contributed by atoms with van der Waals surface area (Å²) in [6.45, 7) is 7.21. The molecule has 0 spiro atoms. The maximum Gasteiger partial charge on any atom is 0.248 e. The van der Waals surface area contributed by atoms with Gasteiger partial charge in [0.1, 0.15) is 0 Å². The first-order valence-corrected chi connectivity index (χ1v) is 12.0. The lowest BCUT2D eigenvalue weighted by molar-refractivity contribution is -0.0487. The summed E-state index contributed by atoms with van der Waals surface area (Å²) in [5, 5.41) is 0. The quantitative estimate of drug-likeness (QED) is 0.748. The molecule has 0 unspecified atom stereocenters. The van der Waals surface area contributed by atoms with Gasteiger partial charge in [-0.1, -0.05) is 6.42 Å². The van der Waals surface area contributed by atoms with E-state index in [4.69, 9.17) is 9.97 Å². The molecule has 166 valence electrons. The molecule has 0 radical (unpaired) electrons. The SMILES string of the molecule is FC1(F)CCC(CN2CCc3cnc(N4CCN(C5CCC5)CC4)nc3CC2)CC1. The van der Waals surface area contributed by atoms with Crippen LogP contribution in [0.1, 0.15) is 56.2 Å². The van der Waals surface area contributed by atoms with Crippen molar-refractivity contribution in [3.8, 4) is 0 Å². The van der Waals surface area contributed by atoms with Crippen LogP contribution in [0.3, 0.4) is 0 Å². The third-order valence-electron chi connectivity index (χ3n) is 7.84. The Morgan fingerprint density at radius 3 is 2.37 bits per heavy atom. The Hall–Kier alpha value is -1.34. The minimum Gasteiger partial charge on any atom is -0.338 e. The van der Waals surface area contributed by atoms with Crippen molar-refractivity contribution < 1.29 is 8.78 Å². The smallest absolute Gasteiger partial charge is 0.248 e. The lowest BCUT2D eigenvalue weighted by Gasteiger charge is -2.43. The highest BCUT2D eigenvalue weighted by atomic mass is 19.3. The Balaban J connectivity index is 1.15. The van der Waals surface area contributed by atoms with Crippen LogP contribution in [-0.2, 0) is 12.8 Å². The maximum absolute atomic E-state index is 13.4. The van der Waals surface area contributed by atoms with Crippen molar-refractivity contribution in [3.05, 3.63) is 17.5 Å². The van der Waals surface area contributed by atoms with E-state index in [2.05, 4.69) is 14.7 Å². The van der Waals surface area contributed by atoms with E-state index in [1.165, 1.54) is 30.5 Å². The molecule has 0 N–H and O–H groups in total. The average Bonchev–Trinajstić information content (AvgIpc) is 2.91. The van der Waals surface area contributed by atoms with Crippen molar-refractivity contribution in [2.45, 2.75) is 69.8 Å². The Morgan fingerprint density at radius 1 is 0.933 bits per heavy atom. The third kappa shape index (κ3) is 4.62. The summed E-state index contributed by atoms with van der Waals surface area (Å²) in [6, 6.07) is 0.821. The van der Waals surface area contributed by atoms with Gasteiger partial charge in [0, 0.05) is 77.3 Å². The topological polar surface area (TPSA) is 35.5 Å². The van der Waals surface area contributed by atoms with Gasteiger partial charge in [-0.3, -0.25) is 4.90 Å². The molecule has 4 aliphatic rings. The van der Waals surface area contributed by atoms with Gasteiger partial charge in [-0.25, -0.2) is 18.7 Å². The molecular formula is C23H35F2N5. The van der Waals surface area contributed by atoms with Gasteiger partial charge in [0.2, 0.25) is 11.9 Å². The van der Waals surface area contributed by atoms with E-state index >= 15 is 0 Å². The van der Waals surface area contributed by atoms with Gasteiger partial charge < -0.3 is 9.80 Å². The van der Waals surface area contributed by atoms with Crippen molar-refractivity contribution in [2.75, 3.05) is 50.7 Å². The molecule has 2 aliphatic heterocycles. The zero-order valence-electron chi connectivity index (χ0n) is 18.0. The van der Waals surface area contributed by atoms with Crippen molar-refractivity contribution in [3.63, 3.8) is 0 Å². The second-order valence-corrected chi connectivity index (χ2v) is 9.85. The van der Waals surface area contributed by atoms with Gasteiger partial charge in [0.15, 0.2) is 0 Å². The lowest BCUT2D eigenvalue weighted by Crippen LogP contribution is -2.52. The second kappa shape index (κ2) is 8.65. The molecule has 30 heavy (non-hydrogen) atoms. The van der Waals surface area contributed by atoms with E-state index in [1.54, 1.807) is 0 Å². The number of hydrogen-bond donors (Lipinski definition) is 0. The van der Waals surface area contributed by atoms with Crippen molar-refractivity contribution in [1.29, 1.82) is 0 Å². The Kier molecular flexibility index (Phi) is 5.93. The zero-order chi connectivity index (χ0) is 20.6. The molecule has 0 amide bonds. The van der Waals surface area contributed by atoms with Gasteiger partial charge >= 0.3 is 0 Å². The third-order valence-corrected chi connectivity index (χ3v) is 7.84. The minimum atomic E-state index is -2.43. The Bertz CT molecular complexity index is 720. The molecule has 3 fully saturated rings. The number of nitrogens with zero attached hydrogens (tertiary/aromatic N) is 5. The van der Waals surface area contributed by atoms with E-state index in [0.29, 0.717) is 18.8 Å². The van der Waals surface area contributed by atoms with Crippen LogP contribution < -0.4 is 4.90 Å². The predicted molar refractivity (Wildman–Crippen MR) is 114 cm³/mol. The highest BCUT2D eigenvalue weighted by Gasteiger charge is 2.35. The first-order chi connectivity index (χ1) is 14.6. The van der Waals surface area contributed by atoms with E-state index < -0.39 is 5.92 Å². The van der Waals surface area contributed by atoms with Gasteiger partial charge in [0.25, 0.3) is 0 Å². The highest BCUT2D eigenvalue weighted by molar-refractivity contribution is 5.35. The molecule has 0 atom stereocenters. The molecule has 3 heterocycles. The van der Waals surface area contributed by atoms with Gasteiger partial charge in [-0.15, -0.1) is 0 Å². The summed E-state index contributed by atoms with van der Waals surface area (Å²) in [7, 11) is 0. The van der Waals surface area contributed by atoms with Crippen LogP contribution in [0.5, 0.6) is 0 Å². The normalized spacial score (nSPS) is 26.8. The fraction of sp³-hybridized carbons (Fsp3) is 0.826. The van der Waals surface area contributed by atoms with Gasteiger partial charge in [-0.2, -0.15) is 0 Å². The minimum absolute atomic E-state index is 0.0641. The zero-order valence-corrected chi connectivity index (χ0v) is 18.0. The van der Waals surface area contributed by atoms with E-state index in [-0.39, 0.29) is 12.8 Å². The molecule has 5 nitrogen and oxygen atoms in total. The first kappa shape index (κ1) is 20.6. The number of halogens is 2. The number of alkyl halides is 2. The number of rotatable bonds is 4. The van der Waals surface area contributed by atoms with Crippen LogP contribution in [0.25, 0.3) is 0 Å². The second-order valence-electron chi connectivity index (χ2n) is 9.85. The summed E-state index contributed by atoms with van der Waals surface area (Å²) >= 11 is 0. The number of aromatic nitrogens is 2. The molecule has 7 heteroatoms. The van der Waals surface area contributed by atoms with E-state index in [9.17, 15) is 8.78 Å². The standard InChI is InChI=1S/C23H35F2N5/c24-23(25)8-4-18(5-9-23)17-28-10-6-19-16-26-22(27-21(19)7-11-28)30-14-12-29(13-15-30)20-2-1-3-20/h16,18,20H,1-15,17H2. The summed E-state index contributed by atoms with van der Waals surface area (Å²) in [5.41, 5.74) is 2.46. The number of piperazine rings is 1. The van der Waals surface area contributed by atoms with Crippen molar-refractivity contribution in [1.82, 2.24) is 19.8 Å². The van der Waals surface area contributed by atoms with E-state index in [1.807, 2.05) is 6.20 Å². The molecule has 5 rings (SSSR count). The van der Waals surface area contributed by atoms with Gasteiger partial charge in [-0.05, 0) is 43.6 Å². The number of anilines is 1. The summed E-state index contributed by atoms with van der Waals surface area (Å²) in [5.74, 6) is -1.12. The van der Waals surface area contributed by atoms with Crippen LogP contribution in [0.15, 0.2) is 6.20 Å². The fourth-order valence-corrected chi connectivity index (χ4v) is 5.53. The molecule has 1 saturated heterocycles. The molecule has 1 aromatic heterocycles. The van der Waals surface area contributed by atoms with Crippen LogP contribution in [0, 0.1) is 5.92 Å².